The lowest BCUT2D eigenvalue weighted by molar-refractivity contribution is -0.139. The number of anilines is 1. The maximum atomic E-state index is 12.2. The third-order valence-corrected chi connectivity index (χ3v) is 3.69. The first kappa shape index (κ1) is 12.7. The van der Waals surface area contributed by atoms with Crippen molar-refractivity contribution < 1.29 is 19.5 Å². The van der Waals surface area contributed by atoms with Crippen molar-refractivity contribution in [3.8, 4) is 0 Å². The molecule has 104 valence electrons. The Bertz CT molecular complexity index is 605. The van der Waals surface area contributed by atoms with E-state index in [0.29, 0.717) is 30.8 Å². The quantitative estimate of drug-likeness (QED) is 0.850. The Labute approximate surface area is 115 Å². The maximum Gasteiger partial charge on any atom is 0.303 e. The molecule has 1 aromatic rings. The van der Waals surface area contributed by atoms with Crippen LogP contribution in [0.25, 0.3) is 0 Å². The number of hydrogen-bond donors (Lipinski definition) is 2. The summed E-state index contributed by atoms with van der Waals surface area (Å²) in [4.78, 5) is 35.7. The number of hydrogen-bond acceptors (Lipinski definition) is 3. The number of aliphatic carboxylic acids is 1. The van der Waals surface area contributed by atoms with Gasteiger partial charge in [-0.2, -0.15) is 0 Å². The van der Waals surface area contributed by atoms with E-state index >= 15 is 0 Å². The summed E-state index contributed by atoms with van der Waals surface area (Å²) < 4.78 is 0. The molecule has 6 heteroatoms. The van der Waals surface area contributed by atoms with Crippen molar-refractivity contribution in [3.05, 3.63) is 29.3 Å². The molecule has 20 heavy (non-hydrogen) atoms. The van der Waals surface area contributed by atoms with E-state index in [1.807, 2.05) is 0 Å². The van der Waals surface area contributed by atoms with Gasteiger partial charge in [0.15, 0.2) is 0 Å². The normalized spacial score (nSPS) is 17.4. The van der Waals surface area contributed by atoms with Crippen molar-refractivity contribution in [2.24, 2.45) is 5.92 Å². The summed E-state index contributed by atoms with van der Waals surface area (Å²) in [7, 11) is 0. The van der Waals surface area contributed by atoms with Crippen LogP contribution in [0.2, 0.25) is 0 Å². The molecule has 0 bridgehead atoms. The third-order valence-electron chi connectivity index (χ3n) is 3.69. The second kappa shape index (κ2) is 4.63. The molecule has 2 amide bonds. The Morgan fingerprint density at radius 3 is 2.80 bits per heavy atom. The van der Waals surface area contributed by atoms with Gasteiger partial charge >= 0.3 is 5.97 Å². The topological polar surface area (TPSA) is 86.7 Å². The molecule has 2 aliphatic heterocycles. The van der Waals surface area contributed by atoms with Crippen molar-refractivity contribution in [2.45, 2.75) is 12.8 Å². The Kier molecular flexibility index (Phi) is 2.93. The second-order valence-corrected chi connectivity index (χ2v) is 5.27. The van der Waals surface area contributed by atoms with Crippen molar-refractivity contribution in [1.82, 2.24) is 4.90 Å². The molecule has 1 aromatic carbocycles. The summed E-state index contributed by atoms with van der Waals surface area (Å²) in [6.07, 6.45) is 0.457. The Morgan fingerprint density at radius 1 is 1.35 bits per heavy atom. The fourth-order valence-electron chi connectivity index (χ4n) is 2.64. The summed E-state index contributed by atoms with van der Waals surface area (Å²) in [6, 6.07) is 5.19. The minimum Gasteiger partial charge on any atom is -0.481 e. The van der Waals surface area contributed by atoms with E-state index < -0.39 is 5.97 Å². The van der Waals surface area contributed by atoms with Gasteiger partial charge in [0.25, 0.3) is 5.91 Å². The van der Waals surface area contributed by atoms with Crippen LogP contribution in [0.1, 0.15) is 22.3 Å². The van der Waals surface area contributed by atoms with Crippen LogP contribution >= 0.6 is 0 Å². The highest BCUT2D eigenvalue weighted by molar-refractivity contribution is 6.02. The monoisotopic (exact) mass is 274 g/mol. The van der Waals surface area contributed by atoms with Crippen molar-refractivity contribution in [1.29, 1.82) is 0 Å². The van der Waals surface area contributed by atoms with Gasteiger partial charge in [-0.1, -0.05) is 6.07 Å². The van der Waals surface area contributed by atoms with Crippen LogP contribution in [-0.4, -0.2) is 40.9 Å². The summed E-state index contributed by atoms with van der Waals surface area (Å²) in [6.45, 7) is 0.961. The van der Waals surface area contributed by atoms with Gasteiger partial charge in [-0.05, 0) is 17.7 Å². The van der Waals surface area contributed by atoms with Gasteiger partial charge in [-0.3, -0.25) is 14.4 Å². The molecule has 0 atom stereocenters. The van der Waals surface area contributed by atoms with Crippen molar-refractivity contribution >= 4 is 23.5 Å². The van der Waals surface area contributed by atoms with Crippen molar-refractivity contribution in [2.75, 3.05) is 18.4 Å². The number of carboxylic acid groups (broad SMARTS) is 1. The fraction of sp³-hybridized carbons (Fsp3) is 0.357. The molecule has 0 radical (unpaired) electrons. The number of nitrogens with one attached hydrogen (secondary N) is 1. The summed E-state index contributed by atoms with van der Waals surface area (Å²) >= 11 is 0. The highest BCUT2D eigenvalue weighted by Gasteiger charge is 2.33. The standard InChI is InChI=1S/C14H14N2O4/c17-12-5-9-1-2-10(4-11(9)15-12)14(20)16-6-8(7-16)3-13(18)19/h1-2,4,8H,3,5-7H2,(H,15,17)(H,18,19). The van der Waals surface area contributed by atoms with Crippen LogP contribution in [0.3, 0.4) is 0 Å². The molecule has 3 rings (SSSR count). The molecular weight excluding hydrogens is 260 g/mol. The SMILES string of the molecule is O=C(O)CC1CN(C(=O)c2ccc3c(c2)NC(=O)C3)C1. The zero-order valence-electron chi connectivity index (χ0n) is 10.8. The lowest BCUT2D eigenvalue weighted by Crippen LogP contribution is -2.50. The predicted octanol–water partition coefficient (Wildman–Crippen LogP) is 0.728. The number of likely N-dealkylation sites (tertiary alicyclic amines) is 1. The van der Waals surface area contributed by atoms with E-state index in [2.05, 4.69) is 5.32 Å². The number of amides is 2. The first-order chi connectivity index (χ1) is 9.52. The van der Waals surface area contributed by atoms with Crippen LogP contribution < -0.4 is 5.32 Å². The number of carbonyl (C=O) groups excluding carboxylic acids is 2. The molecule has 0 aromatic heterocycles. The second-order valence-electron chi connectivity index (χ2n) is 5.27. The van der Waals surface area contributed by atoms with Gasteiger partial charge in [0.2, 0.25) is 5.91 Å². The van der Waals surface area contributed by atoms with Crippen molar-refractivity contribution in [3.63, 3.8) is 0 Å². The van der Waals surface area contributed by atoms with Gasteiger partial charge in [0.1, 0.15) is 0 Å². The number of nitrogens with zero attached hydrogens (tertiary/aromatic N) is 1. The first-order valence-electron chi connectivity index (χ1n) is 6.47. The van der Waals surface area contributed by atoms with Gasteiger partial charge in [0, 0.05) is 30.3 Å². The lowest BCUT2D eigenvalue weighted by Gasteiger charge is -2.38. The average molecular weight is 274 g/mol. The van der Waals surface area contributed by atoms with E-state index in [0.717, 1.165) is 5.56 Å². The zero-order valence-corrected chi connectivity index (χ0v) is 10.8. The van der Waals surface area contributed by atoms with E-state index in [-0.39, 0.29) is 24.2 Å². The Hall–Kier alpha value is -2.37. The number of benzene rings is 1. The molecule has 0 saturated carbocycles. The molecule has 1 saturated heterocycles. The summed E-state index contributed by atoms with van der Waals surface area (Å²) in [5.74, 6) is -0.960. The van der Waals surface area contributed by atoms with Gasteiger partial charge in [0.05, 0.1) is 12.8 Å². The molecule has 2 aliphatic rings. The van der Waals surface area contributed by atoms with Crippen LogP contribution in [0.5, 0.6) is 0 Å². The molecule has 6 nitrogen and oxygen atoms in total. The minimum atomic E-state index is -0.831. The smallest absolute Gasteiger partial charge is 0.303 e. The highest BCUT2D eigenvalue weighted by atomic mass is 16.4. The number of carboxylic acids is 1. The molecule has 0 unspecified atom stereocenters. The van der Waals surface area contributed by atoms with Crippen LogP contribution in [0.4, 0.5) is 5.69 Å². The number of fused-ring (bicyclic) bond motifs is 1. The zero-order chi connectivity index (χ0) is 14.3. The number of carbonyl (C=O) groups is 3. The van der Waals surface area contributed by atoms with Gasteiger partial charge < -0.3 is 15.3 Å². The van der Waals surface area contributed by atoms with E-state index in [1.165, 1.54) is 0 Å². The van der Waals surface area contributed by atoms with E-state index in [1.54, 1.807) is 23.1 Å². The van der Waals surface area contributed by atoms with Gasteiger partial charge in [-0.25, -0.2) is 0 Å². The first-order valence-corrected chi connectivity index (χ1v) is 6.47. The van der Waals surface area contributed by atoms with Crippen LogP contribution in [0, 0.1) is 5.92 Å². The third kappa shape index (κ3) is 2.24. The fourth-order valence-corrected chi connectivity index (χ4v) is 2.64. The molecular formula is C14H14N2O4. The molecule has 0 spiro atoms. The molecule has 1 fully saturated rings. The van der Waals surface area contributed by atoms with Crippen LogP contribution in [0.15, 0.2) is 18.2 Å². The highest BCUT2D eigenvalue weighted by Crippen LogP contribution is 2.27. The van der Waals surface area contributed by atoms with Crippen LogP contribution in [-0.2, 0) is 16.0 Å². The summed E-state index contributed by atoms with van der Waals surface area (Å²) in [5.41, 5.74) is 2.13. The minimum absolute atomic E-state index is 0.0468. The molecule has 2 N–H and O–H groups in total. The molecule has 0 aliphatic carbocycles. The Balaban J connectivity index is 1.66. The largest absolute Gasteiger partial charge is 0.481 e. The van der Waals surface area contributed by atoms with Gasteiger partial charge in [-0.15, -0.1) is 0 Å². The Morgan fingerprint density at radius 2 is 2.10 bits per heavy atom. The maximum absolute atomic E-state index is 12.2. The predicted molar refractivity (Wildman–Crippen MR) is 70.4 cm³/mol. The van der Waals surface area contributed by atoms with E-state index in [9.17, 15) is 14.4 Å². The lowest BCUT2D eigenvalue weighted by atomic mass is 9.95. The summed E-state index contributed by atoms with van der Waals surface area (Å²) in [5, 5.41) is 11.4. The van der Waals surface area contributed by atoms with E-state index in [4.69, 9.17) is 5.11 Å². The average Bonchev–Trinajstić information content (AvgIpc) is 2.71. The number of rotatable bonds is 3. The molecule has 2 heterocycles.